The Balaban J connectivity index is 1.46. The van der Waals surface area contributed by atoms with Crippen LogP contribution in [0.25, 0.3) is 10.8 Å². The summed E-state index contributed by atoms with van der Waals surface area (Å²) in [5, 5.41) is 61.9. The molecule has 0 radical (unpaired) electrons. The molecule has 0 spiro atoms. The Morgan fingerprint density at radius 1 is 0.881 bits per heavy atom. The second-order valence-corrected chi connectivity index (χ2v) is 19.8. The maximum Gasteiger partial charge on any atom is 0.312 e. The van der Waals surface area contributed by atoms with Gasteiger partial charge in [0, 0.05) is 93.9 Å². The van der Waals surface area contributed by atoms with E-state index in [-0.39, 0.29) is 50.0 Å². The van der Waals surface area contributed by atoms with Crippen LogP contribution in [0.4, 0.5) is 11.4 Å². The highest BCUT2D eigenvalue weighted by molar-refractivity contribution is 6.23. The average molecular weight is 928 g/mol. The molecule has 1 amide bonds. The number of carbonyl (C=O) groups excluding carboxylic acids is 3. The summed E-state index contributed by atoms with van der Waals surface area (Å²) >= 11 is 0. The fourth-order valence-electron chi connectivity index (χ4n) is 9.51. The Morgan fingerprint density at radius 3 is 2.12 bits per heavy atom. The number of ketones is 1. The van der Waals surface area contributed by atoms with Crippen LogP contribution in [0.1, 0.15) is 96.3 Å². The van der Waals surface area contributed by atoms with E-state index in [0.29, 0.717) is 32.7 Å². The van der Waals surface area contributed by atoms with Crippen LogP contribution in [0.3, 0.4) is 0 Å². The number of esters is 1. The number of phenols is 3. The van der Waals surface area contributed by atoms with E-state index in [9.17, 15) is 39.9 Å². The van der Waals surface area contributed by atoms with Gasteiger partial charge >= 0.3 is 11.8 Å². The van der Waals surface area contributed by atoms with Crippen molar-refractivity contribution in [2.24, 2.45) is 23.7 Å². The Hall–Kier alpha value is -5.61. The minimum absolute atomic E-state index is 0.0201. The summed E-state index contributed by atoms with van der Waals surface area (Å²) in [6.07, 6.45) is 3.70. The first-order chi connectivity index (χ1) is 31.4. The first-order valence-electron chi connectivity index (χ1n) is 23.1. The summed E-state index contributed by atoms with van der Waals surface area (Å²) in [4.78, 5) is 45.3. The highest BCUT2D eigenvalue weighted by Crippen LogP contribution is 2.57. The summed E-state index contributed by atoms with van der Waals surface area (Å²) in [7, 11) is 1.45. The molecule has 7 rings (SSSR count). The van der Waals surface area contributed by atoms with E-state index in [0.717, 1.165) is 5.56 Å². The number of Topliss-reactive ketones (excluding diaryl/α,β-unsaturated/α-hetero) is 1. The fraction of sp³-hybridized carbons (Fsp3) is 0.519. The van der Waals surface area contributed by atoms with E-state index >= 15 is 0 Å². The zero-order valence-corrected chi connectivity index (χ0v) is 40.8. The number of aromatic hydroxyl groups is 3. The monoisotopic (exact) mass is 927 g/mol. The number of allylic oxidation sites excluding steroid dienone is 2. The first kappa shape index (κ1) is 50.8. The lowest BCUT2D eigenvalue weighted by molar-refractivity contribution is -0.160. The van der Waals surface area contributed by atoms with Crippen LogP contribution in [0.15, 0.2) is 60.4 Å². The van der Waals surface area contributed by atoms with E-state index in [4.69, 9.17) is 18.9 Å². The molecule has 0 aromatic heterocycles. The Bertz CT molecular complexity index is 2450. The predicted molar refractivity (Wildman–Crippen MR) is 256 cm³/mol. The minimum atomic E-state index is -2.04. The Labute approximate surface area is 393 Å². The number of hydrogen-bond acceptors (Lipinski definition) is 14. The number of aliphatic hydroxyl groups is 2. The summed E-state index contributed by atoms with van der Waals surface area (Å²) in [5.41, 5.74) is 2.42. The number of carbonyl (C=O) groups is 3. The third kappa shape index (κ3) is 10.2. The van der Waals surface area contributed by atoms with E-state index in [1.54, 1.807) is 46.8 Å². The van der Waals surface area contributed by atoms with Crippen LogP contribution >= 0.6 is 0 Å². The van der Waals surface area contributed by atoms with E-state index in [1.807, 2.05) is 4.90 Å². The van der Waals surface area contributed by atoms with Gasteiger partial charge in [0.2, 0.25) is 0 Å². The number of piperazine rings is 1. The number of nitrogens with zero attached hydrogens (tertiary/aromatic N) is 2. The molecular weight excluding hydrogens is 859 g/mol. The van der Waals surface area contributed by atoms with Crippen molar-refractivity contribution in [2.75, 3.05) is 43.5 Å². The quantitative estimate of drug-likeness (QED) is 0.0840. The molecule has 0 saturated carbocycles. The van der Waals surface area contributed by atoms with Crippen LogP contribution in [-0.2, 0) is 35.8 Å². The Morgan fingerprint density at radius 2 is 1.52 bits per heavy atom. The second-order valence-electron chi connectivity index (χ2n) is 19.8. The number of amides is 1. The number of aliphatic hydroxyl groups excluding tert-OH is 2. The molecule has 0 aliphatic carbocycles. The van der Waals surface area contributed by atoms with Crippen molar-refractivity contribution in [2.45, 2.75) is 118 Å². The van der Waals surface area contributed by atoms with Crippen LogP contribution in [-0.4, -0.2) is 112 Å². The molecule has 9 atom stereocenters. The maximum atomic E-state index is 14.7. The normalized spacial score (nSPS) is 29.8. The second kappa shape index (κ2) is 19.9. The lowest BCUT2D eigenvalue weighted by Gasteiger charge is -2.38. The van der Waals surface area contributed by atoms with Gasteiger partial charge in [-0.1, -0.05) is 91.0 Å². The van der Waals surface area contributed by atoms with Gasteiger partial charge in [-0.2, -0.15) is 0 Å². The molecular formula is C52H69N3O12. The maximum absolute atomic E-state index is 14.7. The highest BCUT2D eigenvalue weighted by Gasteiger charge is 2.50. The number of benzene rings is 3. The summed E-state index contributed by atoms with van der Waals surface area (Å²) in [5.74, 6) is -8.05. The number of fused-ring (bicyclic) bond motifs is 14. The average Bonchev–Trinajstić information content (AvgIpc) is 3.55. The number of anilines is 2. The topological polar surface area (TPSA) is 208 Å². The van der Waals surface area contributed by atoms with Crippen LogP contribution in [0.2, 0.25) is 0 Å². The van der Waals surface area contributed by atoms with Gasteiger partial charge < -0.3 is 54.7 Å². The summed E-state index contributed by atoms with van der Waals surface area (Å²) in [6.45, 7) is 21.7. The summed E-state index contributed by atoms with van der Waals surface area (Å²) in [6, 6.07) is 8.54. The number of nitrogens with one attached hydrogen (secondary N) is 1. The van der Waals surface area contributed by atoms with Gasteiger partial charge in [-0.15, -0.1) is 0 Å². The molecule has 4 aliphatic rings. The number of hydrogen-bond donors (Lipinski definition) is 6. The lowest BCUT2D eigenvalue weighted by atomic mass is 9.78. The van der Waals surface area contributed by atoms with Gasteiger partial charge in [0.15, 0.2) is 5.75 Å². The molecule has 1 fully saturated rings. The first-order valence-corrected chi connectivity index (χ1v) is 23.1. The largest absolute Gasteiger partial charge is 0.507 e. The van der Waals surface area contributed by atoms with E-state index in [1.165, 1.54) is 51.9 Å². The number of methoxy groups -OCH3 is 1. The number of phenolic OH excluding ortho intramolecular Hbond substituents is 3. The van der Waals surface area contributed by atoms with Crippen molar-refractivity contribution in [1.29, 1.82) is 0 Å². The molecule has 3 aromatic carbocycles. The Kier molecular flexibility index (Phi) is 15.1. The molecule has 4 aliphatic heterocycles. The van der Waals surface area contributed by atoms with E-state index in [2.05, 4.69) is 55.3 Å². The molecule has 15 nitrogen and oxygen atoms in total. The molecule has 1 saturated heterocycles. The van der Waals surface area contributed by atoms with Gasteiger partial charge in [0.1, 0.15) is 34.7 Å². The van der Waals surface area contributed by atoms with Crippen molar-refractivity contribution in [1.82, 2.24) is 4.90 Å². The molecule has 364 valence electrons. The predicted octanol–water partition coefficient (Wildman–Crippen LogP) is 7.37. The van der Waals surface area contributed by atoms with Crippen molar-refractivity contribution in [3.63, 3.8) is 0 Å². The molecule has 67 heavy (non-hydrogen) atoms. The fourth-order valence-corrected chi connectivity index (χ4v) is 9.51. The van der Waals surface area contributed by atoms with Gasteiger partial charge in [0.25, 0.3) is 11.7 Å². The van der Waals surface area contributed by atoms with Gasteiger partial charge in [-0.3, -0.25) is 19.3 Å². The third-order valence-electron chi connectivity index (χ3n) is 13.9. The van der Waals surface area contributed by atoms with Crippen LogP contribution in [0, 0.1) is 30.6 Å². The van der Waals surface area contributed by atoms with Gasteiger partial charge in [0.05, 0.1) is 35.5 Å². The van der Waals surface area contributed by atoms with Crippen molar-refractivity contribution in [3.8, 4) is 23.0 Å². The number of ether oxygens (including phenoxy) is 4. The zero-order chi connectivity index (χ0) is 49.4. The molecule has 6 N–H and O–H groups in total. The highest BCUT2D eigenvalue weighted by atomic mass is 16.7. The third-order valence-corrected chi connectivity index (χ3v) is 13.9. The van der Waals surface area contributed by atoms with E-state index < -0.39 is 88.8 Å². The molecule has 5 bridgehead atoms. The van der Waals surface area contributed by atoms with Crippen molar-refractivity contribution in [3.05, 3.63) is 82.7 Å². The molecule has 9 unspecified atom stereocenters. The lowest BCUT2D eigenvalue weighted by Crippen LogP contribution is -2.46. The van der Waals surface area contributed by atoms with Gasteiger partial charge in [-0.25, -0.2) is 0 Å². The van der Waals surface area contributed by atoms with Gasteiger partial charge in [-0.05, 0) is 36.5 Å². The van der Waals surface area contributed by atoms with Crippen molar-refractivity contribution < 1.29 is 58.9 Å². The van der Waals surface area contributed by atoms with Crippen LogP contribution < -0.4 is 15.0 Å². The van der Waals surface area contributed by atoms with Crippen LogP contribution in [0.5, 0.6) is 23.0 Å². The molecule has 4 heterocycles. The number of rotatable bonds is 5. The standard InChI is InChI=1S/C52H69N3O12/c1-27-14-13-15-28(2)50(63)53-40-41(55-23-21-54(22-24-55)26-34-16-18-35(19-17-34)51(8,9)10)46(61)37-38(45(40)60)44(59)32(6)48-39(37)49(62)52(11,67-48)65-25-20-36(64-12)29(3)47(66-33(7)56)31(5)43(58)30(4)42(27)57/h13-20,25,27,29-31,36,42-43,47,57-61H,21-24,26H2,1-12H3,(H,53,63)/b14-13+,25-20+,28-15-. The minimum Gasteiger partial charge on any atom is -0.507 e. The zero-order valence-electron chi connectivity index (χ0n) is 40.8. The molecule has 3 aromatic rings. The molecule has 15 heteroatoms. The van der Waals surface area contributed by atoms with Crippen molar-refractivity contribution >= 4 is 39.8 Å². The summed E-state index contributed by atoms with van der Waals surface area (Å²) < 4.78 is 23.9. The smallest absolute Gasteiger partial charge is 0.312 e. The SMILES string of the molecule is COC1/C=C/OC2(C)Oc3c(C)c(O)c4c(O)c(c(N5CCN(Cc6ccc(C(C)(C)C)cc6)CC5)c(O)c4c3C2=O)NC(=O)/C(C)=C\C=C\C(C)C(O)C(C)C(O)C(C)C(OC(C)=O)C1C.